The number of carbonyl (C=O) groups excluding carboxylic acids is 2. The standard InChI is InChI=1S/C24H29N3O5S/c1-32-21-9-11-22(12-10-21)33(30,31)27-14-3-6-19(17-27)24(29)25-20-7-2-5-18(15-20)16-26-13-4-8-23(26)28/h2,5,7,9-12,15,19H,3-4,6,8,13-14,16-17H2,1H3,(H,25,29). The first-order valence-corrected chi connectivity index (χ1v) is 12.6. The highest BCUT2D eigenvalue weighted by atomic mass is 32.2. The van der Waals surface area contributed by atoms with Crippen molar-refractivity contribution in [1.82, 2.24) is 9.21 Å². The predicted molar refractivity (Wildman–Crippen MR) is 124 cm³/mol. The molecule has 8 nitrogen and oxygen atoms in total. The van der Waals surface area contributed by atoms with E-state index in [0.29, 0.717) is 43.8 Å². The lowest BCUT2D eigenvalue weighted by atomic mass is 9.98. The van der Waals surface area contributed by atoms with Gasteiger partial charge in [-0.15, -0.1) is 0 Å². The maximum absolute atomic E-state index is 13.1. The van der Waals surface area contributed by atoms with Gasteiger partial charge in [0.1, 0.15) is 5.75 Å². The summed E-state index contributed by atoms with van der Waals surface area (Å²) in [5.74, 6) is 0.112. The number of benzene rings is 2. The van der Waals surface area contributed by atoms with Gasteiger partial charge >= 0.3 is 0 Å². The van der Waals surface area contributed by atoms with E-state index < -0.39 is 15.9 Å². The maximum Gasteiger partial charge on any atom is 0.243 e. The molecule has 2 saturated heterocycles. The molecule has 9 heteroatoms. The summed E-state index contributed by atoms with van der Waals surface area (Å²) in [7, 11) is -2.16. The van der Waals surface area contributed by atoms with Gasteiger partial charge in [-0.05, 0) is 61.2 Å². The van der Waals surface area contributed by atoms with E-state index in [1.54, 1.807) is 12.1 Å². The van der Waals surface area contributed by atoms with Gasteiger partial charge < -0.3 is 15.0 Å². The smallest absolute Gasteiger partial charge is 0.243 e. The van der Waals surface area contributed by atoms with E-state index in [4.69, 9.17) is 4.74 Å². The Kier molecular flexibility index (Phi) is 6.99. The van der Waals surface area contributed by atoms with Crippen LogP contribution in [0.3, 0.4) is 0 Å². The molecule has 2 aliphatic rings. The number of nitrogens with zero attached hydrogens (tertiary/aromatic N) is 2. The van der Waals surface area contributed by atoms with Gasteiger partial charge in [0.15, 0.2) is 0 Å². The van der Waals surface area contributed by atoms with E-state index >= 15 is 0 Å². The lowest BCUT2D eigenvalue weighted by Crippen LogP contribution is -2.43. The first-order chi connectivity index (χ1) is 15.9. The van der Waals surface area contributed by atoms with E-state index in [0.717, 1.165) is 18.5 Å². The molecule has 0 aromatic heterocycles. The summed E-state index contributed by atoms with van der Waals surface area (Å²) < 4.78 is 32.6. The van der Waals surface area contributed by atoms with E-state index in [-0.39, 0.29) is 23.3 Å². The van der Waals surface area contributed by atoms with Gasteiger partial charge in [-0.25, -0.2) is 8.42 Å². The molecule has 2 amide bonds. The van der Waals surface area contributed by atoms with Crippen LogP contribution >= 0.6 is 0 Å². The van der Waals surface area contributed by atoms with E-state index in [9.17, 15) is 18.0 Å². The molecule has 0 bridgehead atoms. The number of piperidine rings is 1. The first kappa shape index (κ1) is 23.3. The highest BCUT2D eigenvalue weighted by Crippen LogP contribution is 2.26. The molecule has 33 heavy (non-hydrogen) atoms. The largest absolute Gasteiger partial charge is 0.497 e. The number of likely N-dealkylation sites (tertiary alicyclic amines) is 1. The maximum atomic E-state index is 13.1. The average Bonchev–Trinajstić information content (AvgIpc) is 3.23. The first-order valence-electron chi connectivity index (χ1n) is 11.2. The molecule has 0 saturated carbocycles. The molecule has 2 aromatic rings. The fraction of sp³-hybridized carbons (Fsp3) is 0.417. The molecule has 2 heterocycles. The fourth-order valence-electron chi connectivity index (χ4n) is 4.35. The van der Waals surface area contributed by atoms with Crippen molar-refractivity contribution in [2.45, 2.75) is 37.1 Å². The van der Waals surface area contributed by atoms with Gasteiger partial charge in [-0.3, -0.25) is 9.59 Å². The van der Waals surface area contributed by atoms with Crippen molar-refractivity contribution in [3.05, 3.63) is 54.1 Å². The molecule has 1 unspecified atom stereocenters. The van der Waals surface area contributed by atoms with Crippen molar-refractivity contribution >= 4 is 27.5 Å². The van der Waals surface area contributed by atoms with Crippen molar-refractivity contribution in [3.63, 3.8) is 0 Å². The highest BCUT2D eigenvalue weighted by Gasteiger charge is 2.33. The molecule has 2 aromatic carbocycles. The number of nitrogens with one attached hydrogen (secondary N) is 1. The number of amides is 2. The minimum atomic E-state index is -3.69. The van der Waals surface area contributed by atoms with Crippen molar-refractivity contribution in [3.8, 4) is 5.75 Å². The summed E-state index contributed by atoms with van der Waals surface area (Å²) in [5, 5.41) is 2.93. The quantitative estimate of drug-likeness (QED) is 0.670. The minimum Gasteiger partial charge on any atom is -0.497 e. The van der Waals surface area contributed by atoms with Crippen molar-refractivity contribution in [2.24, 2.45) is 5.92 Å². The molecule has 0 aliphatic carbocycles. The number of carbonyl (C=O) groups is 2. The van der Waals surface area contributed by atoms with E-state index in [2.05, 4.69) is 5.32 Å². The van der Waals surface area contributed by atoms with E-state index in [1.165, 1.54) is 23.5 Å². The Morgan fingerprint density at radius 2 is 1.91 bits per heavy atom. The van der Waals surface area contributed by atoms with Crippen LogP contribution in [0.5, 0.6) is 5.75 Å². The third kappa shape index (κ3) is 5.36. The van der Waals surface area contributed by atoms with Crippen LogP contribution in [0.1, 0.15) is 31.2 Å². The van der Waals surface area contributed by atoms with Crippen LogP contribution in [0.4, 0.5) is 5.69 Å². The number of hydrogen-bond acceptors (Lipinski definition) is 5. The summed E-state index contributed by atoms with van der Waals surface area (Å²) >= 11 is 0. The second kappa shape index (κ2) is 9.93. The number of anilines is 1. The molecule has 2 fully saturated rings. The Labute approximate surface area is 194 Å². The number of methoxy groups -OCH3 is 1. The zero-order valence-corrected chi connectivity index (χ0v) is 19.5. The third-order valence-electron chi connectivity index (χ3n) is 6.19. The third-order valence-corrected chi connectivity index (χ3v) is 8.07. The van der Waals surface area contributed by atoms with Crippen LogP contribution in [0.15, 0.2) is 53.4 Å². The van der Waals surface area contributed by atoms with E-state index in [1.807, 2.05) is 29.2 Å². The second-order valence-electron chi connectivity index (χ2n) is 8.49. The predicted octanol–water partition coefficient (Wildman–Crippen LogP) is 2.86. The SMILES string of the molecule is COc1ccc(S(=O)(=O)N2CCCC(C(=O)Nc3cccc(CN4CCCC4=O)c3)C2)cc1. The molecule has 1 atom stereocenters. The molecule has 176 valence electrons. The minimum absolute atomic E-state index is 0.141. The van der Waals surface area contributed by atoms with Gasteiger partial charge in [0, 0.05) is 38.3 Å². The van der Waals surface area contributed by atoms with Crippen LogP contribution in [0.25, 0.3) is 0 Å². The Balaban J connectivity index is 1.40. The molecule has 0 spiro atoms. The topological polar surface area (TPSA) is 96.0 Å². The monoisotopic (exact) mass is 471 g/mol. The van der Waals surface area contributed by atoms with Crippen LogP contribution < -0.4 is 10.1 Å². The molecule has 2 aliphatic heterocycles. The van der Waals surface area contributed by atoms with Gasteiger partial charge in [-0.2, -0.15) is 4.31 Å². The summed E-state index contributed by atoms with van der Waals surface area (Å²) in [6.07, 6.45) is 2.72. The van der Waals surface area contributed by atoms with Crippen molar-refractivity contribution < 1.29 is 22.7 Å². The summed E-state index contributed by atoms with van der Waals surface area (Å²) in [5.41, 5.74) is 1.61. The highest BCUT2D eigenvalue weighted by molar-refractivity contribution is 7.89. The number of sulfonamides is 1. The number of ether oxygens (including phenoxy) is 1. The summed E-state index contributed by atoms with van der Waals surface area (Å²) in [6, 6.07) is 13.7. The number of rotatable bonds is 7. The molecule has 1 N–H and O–H groups in total. The van der Waals surface area contributed by atoms with Gasteiger partial charge in [0.2, 0.25) is 21.8 Å². The van der Waals surface area contributed by atoms with Crippen LogP contribution in [-0.2, 0) is 26.2 Å². The summed E-state index contributed by atoms with van der Waals surface area (Å²) in [6.45, 7) is 1.81. The van der Waals surface area contributed by atoms with Crippen LogP contribution in [0.2, 0.25) is 0 Å². The Hall–Kier alpha value is -2.91. The lowest BCUT2D eigenvalue weighted by molar-refractivity contribution is -0.128. The van der Waals surface area contributed by atoms with Crippen molar-refractivity contribution in [1.29, 1.82) is 0 Å². The fourth-order valence-corrected chi connectivity index (χ4v) is 5.88. The zero-order valence-electron chi connectivity index (χ0n) is 18.7. The number of hydrogen-bond donors (Lipinski definition) is 1. The second-order valence-corrected chi connectivity index (χ2v) is 10.4. The van der Waals surface area contributed by atoms with Gasteiger partial charge in [0.25, 0.3) is 0 Å². The normalized spacial score (nSPS) is 19.5. The molecule has 0 radical (unpaired) electrons. The average molecular weight is 472 g/mol. The van der Waals surface area contributed by atoms with Crippen molar-refractivity contribution in [2.75, 3.05) is 32.1 Å². The summed E-state index contributed by atoms with van der Waals surface area (Å²) in [4.78, 5) is 26.9. The van der Waals surface area contributed by atoms with Crippen LogP contribution in [0, 0.1) is 5.92 Å². The Morgan fingerprint density at radius 1 is 1.12 bits per heavy atom. The zero-order chi connectivity index (χ0) is 23.4. The Bertz CT molecular complexity index is 1120. The van der Waals surface area contributed by atoms with Gasteiger partial charge in [-0.1, -0.05) is 12.1 Å². The van der Waals surface area contributed by atoms with Gasteiger partial charge in [0.05, 0.1) is 17.9 Å². The van der Waals surface area contributed by atoms with Crippen LogP contribution in [-0.4, -0.2) is 56.2 Å². The Morgan fingerprint density at radius 3 is 2.61 bits per heavy atom. The molecular weight excluding hydrogens is 442 g/mol. The lowest BCUT2D eigenvalue weighted by Gasteiger charge is -2.31. The molecule has 4 rings (SSSR count). The molecular formula is C24H29N3O5S.